The van der Waals surface area contributed by atoms with E-state index in [0.717, 1.165) is 22.3 Å². The van der Waals surface area contributed by atoms with E-state index >= 15 is 0 Å². The molecule has 2 saturated heterocycles. The fourth-order valence-electron chi connectivity index (χ4n) is 5.10. The van der Waals surface area contributed by atoms with Crippen LogP contribution in [0.1, 0.15) is 29.9 Å². The van der Waals surface area contributed by atoms with Gasteiger partial charge in [0.15, 0.2) is 0 Å². The molecular weight excluding hydrogens is 384 g/mol. The lowest BCUT2D eigenvalue weighted by Crippen LogP contribution is -2.68. The number of alkyl carbamates (subject to hydrolysis) is 1. The van der Waals surface area contributed by atoms with Gasteiger partial charge in [-0.2, -0.15) is 0 Å². The van der Waals surface area contributed by atoms with Crippen LogP contribution < -0.4 is 10.6 Å². The number of amides is 1. The van der Waals surface area contributed by atoms with Crippen LogP contribution in [0, 0.1) is 0 Å². The molecule has 0 saturated carbocycles. The fourth-order valence-corrected chi connectivity index (χ4v) is 5.10. The van der Waals surface area contributed by atoms with Crippen LogP contribution >= 0.6 is 0 Å². The van der Waals surface area contributed by atoms with Crippen LogP contribution in [0.3, 0.4) is 0 Å². The van der Waals surface area contributed by atoms with Crippen molar-refractivity contribution in [3.8, 4) is 11.1 Å². The first-order valence-electron chi connectivity index (χ1n) is 10.3. The second-order valence-corrected chi connectivity index (χ2v) is 8.34. The summed E-state index contributed by atoms with van der Waals surface area (Å²) in [6.07, 6.45) is -0.161. The number of ether oxygens (including phenoxy) is 2. The molecule has 1 aliphatic carbocycles. The van der Waals surface area contributed by atoms with E-state index in [1.165, 1.54) is 0 Å². The van der Waals surface area contributed by atoms with Crippen molar-refractivity contribution >= 4 is 12.1 Å². The zero-order valence-corrected chi connectivity index (χ0v) is 16.5. The van der Waals surface area contributed by atoms with Gasteiger partial charge in [-0.05, 0) is 35.1 Å². The smallest absolute Gasteiger partial charge is 0.408 e. The zero-order valence-electron chi connectivity index (χ0n) is 16.5. The Balaban J connectivity index is 1.31. The summed E-state index contributed by atoms with van der Waals surface area (Å²) >= 11 is 0. The van der Waals surface area contributed by atoms with Crippen LogP contribution in [-0.2, 0) is 14.3 Å². The van der Waals surface area contributed by atoms with E-state index in [4.69, 9.17) is 9.47 Å². The minimum atomic E-state index is -1.34. The van der Waals surface area contributed by atoms with E-state index in [1.54, 1.807) is 0 Å². The first kappa shape index (κ1) is 19.1. The lowest BCUT2D eigenvalue weighted by molar-refractivity contribution is -0.149. The van der Waals surface area contributed by atoms with Crippen molar-refractivity contribution < 1.29 is 24.2 Å². The van der Waals surface area contributed by atoms with Crippen LogP contribution in [0.25, 0.3) is 11.1 Å². The van der Waals surface area contributed by atoms with Gasteiger partial charge in [-0.25, -0.2) is 9.59 Å². The van der Waals surface area contributed by atoms with Gasteiger partial charge in [0.1, 0.15) is 12.1 Å². The van der Waals surface area contributed by atoms with E-state index in [0.29, 0.717) is 13.2 Å². The third-order valence-electron chi connectivity index (χ3n) is 6.39. The molecule has 2 fully saturated rings. The highest BCUT2D eigenvalue weighted by Crippen LogP contribution is 2.44. The molecule has 2 unspecified atom stereocenters. The Morgan fingerprint density at radius 1 is 1.03 bits per heavy atom. The number of rotatable bonds is 4. The molecular formula is C23H24N2O5. The number of benzene rings is 2. The molecule has 2 bridgehead atoms. The number of carbonyl (C=O) groups is 2. The summed E-state index contributed by atoms with van der Waals surface area (Å²) in [4.78, 5) is 24.8. The largest absolute Gasteiger partial charge is 0.480 e. The molecule has 2 aliphatic heterocycles. The minimum absolute atomic E-state index is 0.0651. The molecule has 7 heteroatoms. The third-order valence-corrected chi connectivity index (χ3v) is 6.39. The van der Waals surface area contributed by atoms with E-state index in [-0.39, 0.29) is 37.5 Å². The lowest BCUT2D eigenvalue weighted by atomic mass is 9.80. The van der Waals surface area contributed by atoms with Gasteiger partial charge >= 0.3 is 12.1 Å². The number of fused-ring (bicyclic) bond motifs is 5. The molecule has 0 spiro atoms. The van der Waals surface area contributed by atoms with Crippen LogP contribution in [0.2, 0.25) is 0 Å². The molecule has 0 aromatic heterocycles. The molecule has 2 heterocycles. The van der Waals surface area contributed by atoms with Crippen molar-refractivity contribution in [3.05, 3.63) is 59.7 Å². The Morgan fingerprint density at radius 2 is 1.60 bits per heavy atom. The first-order chi connectivity index (χ1) is 14.6. The van der Waals surface area contributed by atoms with Crippen LogP contribution in [0.15, 0.2) is 48.5 Å². The Bertz CT molecular complexity index is 934. The Labute approximate surface area is 174 Å². The zero-order chi connectivity index (χ0) is 20.7. The SMILES string of the molecule is O=C(NC1(C(=O)O)CC2COCC(C1)N2)OCC1c2ccccc2-c2ccccc21. The van der Waals surface area contributed by atoms with Crippen molar-refractivity contribution in [1.82, 2.24) is 10.6 Å². The van der Waals surface area contributed by atoms with Crippen molar-refractivity contribution in [2.24, 2.45) is 0 Å². The molecule has 0 radical (unpaired) electrons. The highest BCUT2D eigenvalue weighted by atomic mass is 16.5. The molecule has 3 N–H and O–H groups in total. The molecule has 156 valence electrons. The second kappa shape index (κ2) is 7.41. The van der Waals surface area contributed by atoms with E-state index in [2.05, 4.69) is 22.8 Å². The topological polar surface area (TPSA) is 96.9 Å². The lowest BCUT2D eigenvalue weighted by Gasteiger charge is -2.45. The summed E-state index contributed by atoms with van der Waals surface area (Å²) in [5.74, 6) is -1.10. The van der Waals surface area contributed by atoms with Gasteiger partial charge in [-0.15, -0.1) is 0 Å². The summed E-state index contributed by atoms with van der Waals surface area (Å²) in [5, 5.41) is 15.9. The number of hydrogen-bond donors (Lipinski definition) is 3. The average molecular weight is 408 g/mol. The summed E-state index contributed by atoms with van der Waals surface area (Å²) in [5.41, 5.74) is 3.19. The number of carbonyl (C=O) groups excluding carboxylic acids is 1. The molecule has 2 aromatic carbocycles. The van der Waals surface area contributed by atoms with Gasteiger partial charge in [0.05, 0.1) is 13.2 Å². The predicted molar refractivity (Wildman–Crippen MR) is 109 cm³/mol. The number of hydrogen-bond acceptors (Lipinski definition) is 5. The number of aliphatic carboxylic acids is 1. The molecule has 7 nitrogen and oxygen atoms in total. The number of nitrogens with one attached hydrogen (secondary N) is 2. The maximum Gasteiger partial charge on any atom is 0.408 e. The van der Waals surface area contributed by atoms with Crippen molar-refractivity contribution in [1.29, 1.82) is 0 Å². The normalized spacial score (nSPS) is 27.1. The summed E-state index contributed by atoms with van der Waals surface area (Å²) in [6.45, 7) is 1.04. The maximum atomic E-state index is 12.7. The number of carboxylic acids is 1. The van der Waals surface area contributed by atoms with Gasteiger partial charge in [-0.3, -0.25) is 0 Å². The fraction of sp³-hybridized carbons (Fsp3) is 0.391. The van der Waals surface area contributed by atoms with Crippen molar-refractivity contribution in [3.63, 3.8) is 0 Å². The summed E-state index contributed by atoms with van der Waals surface area (Å²) in [7, 11) is 0. The molecule has 30 heavy (non-hydrogen) atoms. The number of piperidine rings is 1. The standard InChI is InChI=1S/C23H24N2O5/c26-21(27)23(9-14-11-29-12-15(10-23)24-14)25-22(28)30-13-20-18-7-3-1-5-16(18)17-6-2-4-8-19(17)20/h1-8,14-15,20,24H,9-13H2,(H,25,28)(H,26,27). The van der Waals surface area contributed by atoms with E-state index < -0.39 is 17.6 Å². The molecule has 2 aromatic rings. The molecule has 3 aliphatic rings. The molecule has 1 amide bonds. The van der Waals surface area contributed by atoms with Gasteiger partial charge in [-0.1, -0.05) is 48.5 Å². The Morgan fingerprint density at radius 3 is 2.17 bits per heavy atom. The Hall–Kier alpha value is -2.90. The quantitative estimate of drug-likeness (QED) is 0.719. The van der Waals surface area contributed by atoms with Gasteiger partial charge < -0.3 is 25.2 Å². The van der Waals surface area contributed by atoms with Gasteiger partial charge in [0.2, 0.25) is 0 Å². The Kier molecular flexibility index (Phi) is 4.72. The summed E-state index contributed by atoms with van der Waals surface area (Å²) < 4.78 is 11.1. The van der Waals surface area contributed by atoms with Crippen LogP contribution in [-0.4, -0.2) is 54.6 Å². The number of morpholine rings is 1. The second-order valence-electron chi connectivity index (χ2n) is 8.34. The van der Waals surface area contributed by atoms with Crippen LogP contribution in [0.4, 0.5) is 4.79 Å². The van der Waals surface area contributed by atoms with Crippen LogP contribution in [0.5, 0.6) is 0 Å². The van der Waals surface area contributed by atoms with Crippen molar-refractivity contribution in [2.45, 2.75) is 36.4 Å². The highest BCUT2D eigenvalue weighted by Gasteiger charge is 2.49. The minimum Gasteiger partial charge on any atom is -0.480 e. The average Bonchev–Trinajstić information content (AvgIpc) is 3.06. The monoisotopic (exact) mass is 408 g/mol. The maximum absolute atomic E-state index is 12.7. The summed E-state index contributed by atoms with van der Waals surface area (Å²) in [6, 6.07) is 16.0. The van der Waals surface area contributed by atoms with E-state index in [9.17, 15) is 14.7 Å². The molecule has 5 rings (SSSR count). The highest BCUT2D eigenvalue weighted by molar-refractivity contribution is 5.85. The number of carboxylic acid groups (broad SMARTS) is 1. The van der Waals surface area contributed by atoms with Gasteiger partial charge in [0.25, 0.3) is 0 Å². The predicted octanol–water partition coefficient (Wildman–Crippen LogP) is 2.50. The third kappa shape index (κ3) is 3.24. The first-order valence-corrected chi connectivity index (χ1v) is 10.3. The van der Waals surface area contributed by atoms with Gasteiger partial charge in [0, 0.05) is 18.0 Å². The molecule has 2 atom stereocenters. The van der Waals surface area contributed by atoms with Crippen molar-refractivity contribution in [2.75, 3.05) is 19.8 Å². The van der Waals surface area contributed by atoms with E-state index in [1.807, 2.05) is 36.4 Å².